The molecule has 6 aliphatic rings. The molecule has 10 heteroatoms. The standard InChI is InChI=1S/C70H48B3N3O2S2/c1-41-21-19-22-42(2)67(41)75-52-37-47(74(45-25-7-5-8-26-45)46-27-9-6-10-28-46)38-53-62(52)73(63-54(75)39-60-65-69(63)77-56-33-15-11-29-48(56)71(65)50-31-13-17-35-58(50)79-60)64-55(76(53)68-43(3)23-20-24-44(68)4)40-61-66-70(64)78-57-34-16-12-30-49(57)72(66)51-32-14-18-36-59(51)80-61/h5-40H,1-4H3. The molecule has 0 fully saturated rings. The molecule has 0 aromatic heterocycles. The fraction of sp³-hybridized carbons (Fsp3) is 0.0571. The van der Waals surface area contributed by atoms with E-state index in [2.05, 4.69) is 261 Å². The van der Waals surface area contributed by atoms with Gasteiger partial charge >= 0.3 is 0 Å². The van der Waals surface area contributed by atoms with Crippen LogP contribution in [0.2, 0.25) is 0 Å². The largest absolute Gasteiger partial charge is 0.459 e. The predicted molar refractivity (Wildman–Crippen MR) is 338 cm³/mol. The highest BCUT2D eigenvalue weighted by molar-refractivity contribution is 8.00. The second-order valence-electron chi connectivity index (χ2n) is 22.0. The molecular weight excluding hydrogens is 1010 g/mol. The minimum absolute atomic E-state index is 0.0358. The number of hydrogen-bond acceptors (Lipinski definition) is 7. The Morgan fingerprint density at radius 3 is 1.14 bits per heavy atom. The lowest BCUT2D eigenvalue weighted by atomic mass is 9.29. The first-order chi connectivity index (χ1) is 39.4. The number of nitrogens with zero attached hydrogens (tertiary/aromatic N) is 3. The molecular formula is C70H48B3N3O2S2. The molecule has 11 aromatic carbocycles. The van der Waals surface area contributed by atoms with Gasteiger partial charge in [0.25, 0.3) is 20.1 Å². The van der Waals surface area contributed by atoms with Gasteiger partial charge in [0.2, 0.25) is 0 Å². The average Bonchev–Trinajstić information content (AvgIpc) is 3.50. The number of hydrogen-bond donors (Lipinski definition) is 0. The van der Waals surface area contributed by atoms with Gasteiger partial charge in [0.05, 0.1) is 17.1 Å². The van der Waals surface area contributed by atoms with E-state index in [1.807, 2.05) is 23.5 Å². The first kappa shape index (κ1) is 46.2. The zero-order valence-electron chi connectivity index (χ0n) is 44.5. The van der Waals surface area contributed by atoms with Crippen LogP contribution in [0.25, 0.3) is 0 Å². The van der Waals surface area contributed by atoms with Gasteiger partial charge in [-0.15, -0.1) is 0 Å². The first-order valence-corrected chi connectivity index (χ1v) is 29.3. The third-order valence-electron chi connectivity index (χ3n) is 17.5. The molecule has 11 aromatic rings. The van der Waals surface area contributed by atoms with Gasteiger partial charge in [-0.1, -0.05) is 180 Å². The molecule has 5 nitrogen and oxygen atoms in total. The monoisotopic (exact) mass is 1060 g/mol. The Balaban J connectivity index is 1.07. The highest BCUT2D eigenvalue weighted by Crippen LogP contribution is 2.54. The molecule has 0 N–H and O–H groups in total. The summed E-state index contributed by atoms with van der Waals surface area (Å²) in [5.41, 5.74) is 25.7. The smallest absolute Gasteiger partial charge is 0.261 e. The van der Waals surface area contributed by atoms with Gasteiger partial charge in [0.1, 0.15) is 23.0 Å². The van der Waals surface area contributed by atoms with Crippen LogP contribution in [0.15, 0.2) is 238 Å². The average molecular weight is 1060 g/mol. The topological polar surface area (TPSA) is 28.2 Å². The lowest BCUT2D eigenvalue weighted by molar-refractivity contribution is 0.489. The Bertz CT molecular complexity index is 4160. The van der Waals surface area contributed by atoms with Gasteiger partial charge in [-0.05, 0) is 161 Å². The summed E-state index contributed by atoms with van der Waals surface area (Å²) in [6.45, 7) is 8.67. The summed E-state index contributed by atoms with van der Waals surface area (Å²) in [6.07, 6.45) is 0. The van der Waals surface area contributed by atoms with Crippen LogP contribution in [-0.4, -0.2) is 20.1 Å². The van der Waals surface area contributed by atoms with Crippen LogP contribution in [0, 0.1) is 27.7 Å². The minimum Gasteiger partial charge on any atom is -0.459 e. The number of rotatable bonds is 5. The molecule has 0 saturated heterocycles. The van der Waals surface area contributed by atoms with Crippen LogP contribution in [0.5, 0.6) is 23.0 Å². The van der Waals surface area contributed by atoms with Crippen molar-refractivity contribution in [1.82, 2.24) is 0 Å². The zero-order chi connectivity index (χ0) is 53.1. The Kier molecular flexibility index (Phi) is 10.1. The molecule has 0 saturated carbocycles. The molecule has 6 aliphatic heterocycles. The van der Waals surface area contributed by atoms with Crippen molar-refractivity contribution >= 4 is 144 Å². The molecule has 0 spiro atoms. The van der Waals surface area contributed by atoms with Crippen LogP contribution >= 0.6 is 23.5 Å². The SMILES string of the molecule is Cc1cccc(C)c1N1c2cc(N(c3ccccc3)c3ccccc3)cc3c2B(c2c1cc1c4c2Oc2ccccc2B4c2ccccc2S1)c1c(cc2c4c1Oc1ccccc1B4c1ccccc1S2)N3c1c(C)cccc1C. The first-order valence-electron chi connectivity index (χ1n) is 27.7. The van der Waals surface area contributed by atoms with Crippen LogP contribution in [0.4, 0.5) is 51.2 Å². The number of aryl methyl sites for hydroxylation is 4. The maximum absolute atomic E-state index is 7.75. The summed E-state index contributed by atoms with van der Waals surface area (Å²) >= 11 is 3.74. The highest BCUT2D eigenvalue weighted by Gasteiger charge is 2.53. The van der Waals surface area contributed by atoms with E-state index < -0.39 is 0 Å². The van der Waals surface area contributed by atoms with E-state index in [1.54, 1.807) is 0 Å². The van der Waals surface area contributed by atoms with Crippen LogP contribution < -0.4 is 73.3 Å². The second kappa shape index (κ2) is 17.4. The molecule has 0 unspecified atom stereocenters. The van der Waals surface area contributed by atoms with Gasteiger partial charge < -0.3 is 24.2 Å². The van der Waals surface area contributed by atoms with Crippen LogP contribution in [-0.2, 0) is 0 Å². The lowest BCUT2D eigenvalue weighted by Gasteiger charge is -2.48. The molecule has 0 bridgehead atoms. The van der Waals surface area contributed by atoms with Gasteiger partial charge in [0, 0.05) is 53.7 Å². The molecule has 0 amide bonds. The molecule has 0 atom stereocenters. The number of para-hydroxylation sites is 6. The lowest BCUT2D eigenvalue weighted by Crippen LogP contribution is -2.67. The molecule has 376 valence electrons. The summed E-state index contributed by atoms with van der Waals surface area (Å²) in [5.74, 6) is 3.66. The van der Waals surface area contributed by atoms with E-state index in [9.17, 15) is 0 Å². The minimum atomic E-state index is -0.358. The van der Waals surface area contributed by atoms with Crippen molar-refractivity contribution in [3.63, 3.8) is 0 Å². The Morgan fingerprint density at radius 1 is 0.325 bits per heavy atom. The number of anilines is 9. The molecule has 80 heavy (non-hydrogen) atoms. The van der Waals surface area contributed by atoms with Gasteiger partial charge in [-0.25, -0.2) is 0 Å². The Labute approximate surface area is 476 Å². The fourth-order valence-corrected chi connectivity index (χ4v) is 16.7. The predicted octanol–water partition coefficient (Wildman–Crippen LogP) is 12.6. The molecule has 0 aliphatic carbocycles. The third kappa shape index (κ3) is 6.49. The van der Waals surface area contributed by atoms with Crippen molar-refractivity contribution in [2.45, 2.75) is 47.3 Å². The van der Waals surface area contributed by atoms with Crippen molar-refractivity contribution < 1.29 is 9.47 Å². The Morgan fingerprint density at radius 2 is 0.700 bits per heavy atom. The summed E-state index contributed by atoms with van der Waals surface area (Å²) in [5, 5.41) is 0. The second-order valence-corrected chi connectivity index (χ2v) is 24.2. The molecule has 0 radical (unpaired) electrons. The molecule has 6 heterocycles. The van der Waals surface area contributed by atoms with Crippen LogP contribution in [0.1, 0.15) is 22.3 Å². The van der Waals surface area contributed by atoms with Gasteiger partial charge in [0.15, 0.2) is 0 Å². The quantitative estimate of drug-likeness (QED) is 0.159. The van der Waals surface area contributed by atoms with E-state index in [4.69, 9.17) is 9.47 Å². The fourth-order valence-electron chi connectivity index (χ4n) is 14.3. The number of fused-ring (bicyclic) bond motifs is 14. The maximum atomic E-state index is 7.75. The number of ether oxygens (including phenoxy) is 2. The van der Waals surface area contributed by atoms with Crippen molar-refractivity contribution in [3.8, 4) is 23.0 Å². The van der Waals surface area contributed by atoms with E-state index in [1.165, 1.54) is 80.1 Å². The van der Waals surface area contributed by atoms with Gasteiger partial charge in [-0.2, -0.15) is 0 Å². The number of benzene rings is 11. The van der Waals surface area contributed by atoms with E-state index >= 15 is 0 Å². The maximum Gasteiger partial charge on any atom is 0.261 e. The van der Waals surface area contributed by atoms with Crippen molar-refractivity contribution in [2.75, 3.05) is 14.7 Å². The Hall–Kier alpha value is -8.69. The molecule has 17 rings (SSSR count). The van der Waals surface area contributed by atoms with Crippen molar-refractivity contribution in [3.05, 3.63) is 241 Å². The van der Waals surface area contributed by atoms with Crippen molar-refractivity contribution in [2.24, 2.45) is 0 Å². The summed E-state index contributed by atoms with van der Waals surface area (Å²) < 4.78 is 15.5. The normalized spacial score (nSPS) is 14.0. The summed E-state index contributed by atoms with van der Waals surface area (Å²) in [7, 11) is 0. The van der Waals surface area contributed by atoms with Crippen LogP contribution in [0.3, 0.4) is 0 Å². The third-order valence-corrected chi connectivity index (χ3v) is 19.8. The van der Waals surface area contributed by atoms with Gasteiger partial charge in [-0.3, -0.25) is 0 Å². The zero-order valence-corrected chi connectivity index (χ0v) is 46.1. The van der Waals surface area contributed by atoms with E-state index in [-0.39, 0.29) is 20.1 Å². The van der Waals surface area contributed by atoms with E-state index in [0.717, 1.165) is 85.1 Å². The van der Waals surface area contributed by atoms with Crippen molar-refractivity contribution in [1.29, 1.82) is 0 Å². The summed E-state index contributed by atoms with van der Waals surface area (Å²) in [4.78, 5) is 12.6. The highest BCUT2D eigenvalue weighted by atomic mass is 32.2. The van der Waals surface area contributed by atoms with E-state index in [0.29, 0.717) is 0 Å². The summed E-state index contributed by atoms with van der Waals surface area (Å²) in [6, 6.07) is 80.8.